The Hall–Kier alpha value is -4.62. The molecule has 0 unspecified atom stereocenters. The van der Waals surface area contributed by atoms with E-state index in [2.05, 4.69) is 66.7 Å². The molecule has 0 atom stereocenters. The number of hydrogen-bond donors (Lipinski definition) is 0. The first kappa shape index (κ1) is 25.1. The summed E-state index contributed by atoms with van der Waals surface area (Å²) in [6.07, 6.45) is 7.93. The molecule has 42 heavy (non-hydrogen) atoms. The third kappa shape index (κ3) is 4.50. The summed E-state index contributed by atoms with van der Waals surface area (Å²) < 4.78 is 0. The van der Waals surface area contributed by atoms with Gasteiger partial charge in [-0.3, -0.25) is 0 Å². The lowest BCUT2D eigenvalue weighted by atomic mass is 9.48. The molecule has 1 heterocycles. The quantitative estimate of drug-likeness (QED) is 0.222. The van der Waals surface area contributed by atoms with Crippen molar-refractivity contribution in [2.45, 2.75) is 43.9 Å². The highest BCUT2D eigenvalue weighted by Gasteiger charge is 2.51. The lowest BCUT2D eigenvalue weighted by molar-refractivity contribution is -0.00518. The van der Waals surface area contributed by atoms with Crippen molar-refractivity contribution in [2.75, 3.05) is 0 Å². The molecule has 4 fully saturated rings. The van der Waals surface area contributed by atoms with Gasteiger partial charge in [0.2, 0.25) is 0 Å². The average molecular weight is 545 g/mol. The second-order valence-corrected chi connectivity index (χ2v) is 12.7. The molecular weight excluding hydrogens is 512 g/mol. The van der Waals surface area contributed by atoms with Crippen LogP contribution in [-0.2, 0) is 5.41 Å². The van der Waals surface area contributed by atoms with Gasteiger partial charge in [0.05, 0.1) is 11.6 Å². The Balaban J connectivity index is 1.24. The van der Waals surface area contributed by atoms with E-state index in [1.165, 1.54) is 49.7 Å². The van der Waals surface area contributed by atoms with Crippen molar-refractivity contribution in [1.29, 1.82) is 5.26 Å². The van der Waals surface area contributed by atoms with Crippen molar-refractivity contribution in [3.63, 3.8) is 0 Å². The van der Waals surface area contributed by atoms with Crippen LogP contribution >= 0.6 is 0 Å². The number of hydrogen-bond acceptors (Lipinski definition) is 4. The second-order valence-electron chi connectivity index (χ2n) is 12.7. The van der Waals surface area contributed by atoms with Crippen molar-refractivity contribution >= 4 is 0 Å². The molecule has 4 bridgehead atoms. The Morgan fingerprint density at radius 1 is 0.524 bits per heavy atom. The molecule has 4 nitrogen and oxygen atoms in total. The van der Waals surface area contributed by atoms with E-state index in [9.17, 15) is 5.26 Å². The first-order chi connectivity index (χ1) is 20.6. The van der Waals surface area contributed by atoms with Crippen molar-refractivity contribution in [1.82, 2.24) is 15.0 Å². The standard InChI is InChI=1S/C38H32N4/c39-24-28-18-33(20-34(19-28)38-21-25-15-26(22-38)17-27(16-25)23-38)37-41-35(31-9-5-2-6-10-31)40-36(42-37)32-13-11-30(12-14-32)29-7-3-1-4-8-29/h1-14,18-20,25-27H,15-17,21-23H2/t25-,26-,27-,38?. The molecule has 1 aromatic heterocycles. The number of nitrogens with zero attached hydrogens (tertiary/aromatic N) is 4. The van der Waals surface area contributed by atoms with Crippen LogP contribution < -0.4 is 0 Å². The lowest BCUT2D eigenvalue weighted by Crippen LogP contribution is -2.48. The molecule has 0 amide bonds. The molecule has 0 radical (unpaired) electrons. The van der Waals surface area contributed by atoms with E-state index in [1.807, 2.05) is 42.5 Å². The molecular formula is C38H32N4. The van der Waals surface area contributed by atoms with Gasteiger partial charge in [-0.1, -0.05) is 84.9 Å². The predicted octanol–water partition coefficient (Wildman–Crippen LogP) is 8.88. The fourth-order valence-electron chi connectivity index (χ4n) is 8.38. The van der Waals surface area contributed by atoms with Crippen LogP contribution in [0.15, 0.2) is 103 Å². The van der Waals surface area contributed by atoms with Crippen LogP contribution in [0, 0.1) is 29.1 Å². The van der Waals surface area contributed by atoms with Crippen LogP contribution in [0.25, 0.3) is 45.3 Å². The van der Waals surface area contributed by atoms with Crippen molar-refractivity contribution in [3.05, 3.63) is 114 Å². The van der Waals surface area contributed by atoms with Crippen molar-refractivity contribution in [2.24, 2.45) is 17.8 Å². The first-order valence-electron chi connectivity index (χ1n) is 15.2. The summed E-state index contributed by atoms with van der Waals surface area (Å²) in [7, 11) is 0. The van der Waals surface area contributed by atoms with Crippen LogP contribution in [-0.4, -0.2) is 15.0 Å². The molecule has 0 N–H and O–H groups in total. The Bertz CT molecular complexity index is 1770. The Morgan fingerprint density at radius 2 is 0.976 bits per heavy atom. The highest BCUT2D eigenvalue weighted by molar-refractivity contribution is 5.71. The fourth-order valence-corrected chi connectivity index (χ4v) is 8.38. The average Bonchev–Trinajstić information content (AvgIpc) is 3.04. The van der Waals surface area contributed by atoms with Crippen LogP contribution in [0.4, 0.5) is 0 Å². The third-order valence-electron chi connectivity index (χ3n) is 9.89. The van der Waals surface area contributed by atoms with E-state index >= 15 is 0 Å². The molecule has 0 saturated heterocycles. The molecule has 204 valence electrons. The Morgan fingerprint density at radius 3 is 1.52 bits per heavy atom. The third-order valence-corrected chi connectivity index (χ3v) is 9.89. The maximum atomic E-state index is 10.1. The molecule has 0 spiro atoms. The van der Waals surface area contributed by atoms with E-state index in [0.29, 0.717) is 23.0 Å². The largest absolute Gasteiger partial charge is 0.208 e. The van der Waals surface area contributed by atoms with Gasteiger partial charge in [-0.25, -0.2) is 15.0 Å². The minimum atomic E-state index is 0.182. The molecule has 5 aromatic rings. The van der Waals surface area contributed by atoms with Crippen LogP contribution in [0.3, 0.4) is 0 Å². The molecule has 0 aliphatic heterocycles. The van der Waals surface area contributed by atoms with Gasteiger partial charge in [-0.05, 0) is 96.6 Å². The van der Waals surface area contributed by atoms with Gasteiger partial charge in [-0.15, -0.1) is 0 Å². The maximum Gasteiger partial charge on any atom is 0.164 e. The Kier molecular flexibility index (Phi) is 6.00. The van der Waals surface area contributed by atoms with Crippen molar-refractivity contribution in [3.8, 4) is 51.4 Å². The zero-order valence-electron chi connectivity index (χ0n) is 23.6. The van der Waals surface area contributed by atoms with E-state index in [0.717, 1.165) is 40.0 Å². The summed E-state index contributed by atoms with van der Waals surface area (Å²) in [5, 5.41) is 10.1. The Labute approximate surface area is 247 Å². The van der Waals surface area contributed by atoms with Crippen LogP contribution in [0.1, 0.15) is 49.7 Å². The molecule has 9 rings (SSSR count). The van der Waals surface area contributed by atoms with E-state index < -0.39 is 0 Å². The number of benzene rings is 4. The monoisotopic (exact) mass is 544 g/mol. The van der Waals surface area contributed by atoms with E-state index in [1.54, 1.807) is 0 Å². The van der Waals surface area contributed by atoms with Gasteiger partial charge >= 0.3 is 0 Å². The minimum absolute atomic E-state index is 0.182. The summed E-state index contributed by atoms with van der Waals surface area (Å²) in [4.78, 5) is 15.0. The van der Waals surface area contributed by atoms with Gasteiger partial charge in [-0.2, -0.15) is 5.26 Å². The zero-order valence-corrected chi connectivity index (χ0v) is 23.6. The number of rotatable bonds is 5. The van der Waals surface area contributed by atoms with Gasteiger partial charge in [0, 0.05) is 16.7 Å². The van der Waals surface area contributed by atoms with E-state index in [4.69, 9.17) is 15.0 Å². The number of aromatic nitrogens is 3. The number of nitriles is 1. The highest BCUT2D eigenvalue weighted by atomic mass is 15.0. The van der Waals surface area contributed by atoms with Crippen LogP contribution in [0.5, 0.6) is 0 Å². The fraction of sp³-hybridized carbons (Fsp3) is 0.263. The summed E-state index contributed by atoms with van der Waals surface area (Å²) in [5.74, 6) is 4.39. The van der Waals surface area contributed by atoms with Gasteiger partial charge in [0.1, 0.15) is 0 Å². The lowest BCUT2D eigenvalue weighted by Gasteiger charge is -2.57. The SMILES string of the molecule is N#Cc1cc(-c2nc(-c3ccccc3)nc(-c3ccc(-c4ccccc4)cc3)n2)cc(C23C[C@H]4C[C@H](C2)C[C@@H](C3)C4)c1. The summed E-state index contributed by atoms with van der Waals surface area (Å²) in [5.41, 5.74) is 7.30. The summed E-state index contributed by atoms with van der Waals surface area (Å²) in [6.45, 7) is 0. The molecule has 4 aliphatic rings. The summed E-state index contributed by atoms with van der Waals surface area (Å²) in [6, 6.07) is 37.7. The van der Waals surface area contributed by atoms with E-state index in [-0.39, 0.29) is 5.41 Å². The topological polar surface area (TPSA) is 62.5 Å². The van der Waals surface area contributed by atoms with Gasteiger partial charge in [0.25, 0.3) is 0 Å². The zero-order chi connectivity index (χ0) is 28.1. The second kappa shape index (κ2) is 10.0. The summed E-state index contributed by atoms with van der Waals surface area (Å²) >= 11 is 0. The minimum Gasteiger partial charge on any atom is -0.208 e. The van der Waals surface area contributed by atoms with Crippen molar-refractivity contribution < 1.29 is 0 Å². The van der Waals surface area contributed by atoms with Crippen LogP contribution in [0.2, 0.25) is 0 Å². The van der Waals surface area contributed by atoms with Gasteiger partial charge in [0.15, 0.2) is 17.5 Å². The molecule has 4 heteroatoms. The normalized spacial score (nSPS) is 23.9. The highest BCUT2D eigenvalue weighted by Crippen LogP contribution is 2.61. The molecule has 4 saturated carbocycles. The van der Waals surface area contributed by atoms with Gasteiger partial charge < -0.3 is 0 Å². The first-order valence-corrected chi connectivity index (χ1v) is 15.2. The predicted molar refractivity (Wildman–Crippen MR) is 166 cm³/mol. The molecule has 4 aliphatic carbocycles. The molecule has 4 aromatic carbocycles. The maximum absolute atomic E-state index is 10.1. The smallest absolute Gasteiger partial charge is 0.164 e.